The van der Waals surface area contributed by atoms with Gasteiger partial charge in [-0.1, -0.05) is 12.1 Å². The number of nitrogens with zero attached hydrogens (tertiary/aromatic N) is 1. The van der Waals surface area contributed by atoms with Gasteiger partial charge in [0.15, 0.2) is 34.5 Å². The first kappa shape index (κ1) is 28.6. The van der Waals surface area contributed by atoms with Crippen molar-refractivity contribution in [3.63, 3.8) is 0 Å². The number of ether oxygens (including phenoxy) is 8. The minimum Gasteiger partial charge on any atom is -0.496 e. The Balaban J connectivity index is 1.56. The highest BCUT2D eigenvalue weighted by atomic mass is 16.7. The highest BCUT2D eigenvalue weighted by Crippen LogP contribution is 2.56. The molecule has 2 aliphatic rings. The van der Waals surface area contributed by atoms with Crippen LogP contribution in [-0.2, 0) is 4.74 Å². The zero-order valence-electron chi connectivity index (χ0n) is 25.6. The minimum atomic E-state index is -0.353. The molecule has 43 heavy (non-hydrogen) atoms. The first-order chi connectivity index (χ1) is 21.0. The van der Waals surface area contributed by atoms with Gasteiger partial charge in [0.05, 0.1) is 53.4 Å². The first-order valence-corrected chi connectivity index (χ1v) is 14.2. The molecule has 4 aromatic carbocycles. The molecule has 0 N–H and O–H groups in total. The summed E-state index contributed by atoms with van der Waals surface area (Å²) in [5.74, 6) is 4.71. The van der Waals surface area contributed by atoms with Crippen LogP contribution < -0.4 is 38.1 Å². The van der Waals surface area contributed by atoms with Gasteiger partial charge in [0, 0.05) is 48.2 Å². The molecule has 2 atom stereocenters. The molecular weight excluding hydrogens is 550 g/mol. The van der Waals surface area contributed by atoms with Crippen LogP contribution in [0.2, 0.25) is 0 Å². The molecule has 0 spiro atoms. The summed E-state index contributed by atoms with van der Waals surface area (Å²) in [7, 11) is 10.3. The number of hydrogen-bond donors (Lipinski definition) is 0. The predicted octanol–water partition coefficient (Wildman–Crippen LogP) is 6.94. The molecular formula is C34H37NO8. The maximum absolute atomic E-state index is 6.46. The zero-order chi connectivity index (χ0) is 30.2. The van der Waals surface area contributed by atoms with E-state index in [4.69, 9.17) is 37.9 Å². The Kier molecular flexibility index (Phi) is 7.75. The van der Waals surface area contributed by atoms with Crippen LogP contribution in [0.25, 0.3) is 21.9 Å². The van der Waals surface area contributed by atoms with Crippen LogP contribution in [0.5, 0.6) is 40.2 Å². The van der Waals surface area contributed by atoms with Crippen molar-refractivity contribution < 1.29 is 37.9 Å². The molecule has 9 nitrogen and oxygen atoms in total. The summed E-state index contributed by atoms with van der Waals surface area (Å²) in [4.78, 5) is 2.31. The van der Waals surface area contributed by atoms with Gasteiger partial charge in [-0.25, -0.2) is 0 Å². The van der Waals surface area contributed by atoms with Crippen molar-refractivity contribution in [1.29, 1.82) is 0 Å². The SMILES string of the molecule is CCO[C@@H](C[C@@H]1c2c(ccc(OC)c2OC)-c2ccc3cc4c(cc3c2N1C)OCO4)c1cc(OC)c(OC)cc1OC. The fraction of sp³-hybridized carbons (Fsp3) is 0.353. The Morgan fingerprint density at radius 3 is 2.12 bits per heavy atom. The smallest absolute Gasteiger partial charge is 0.231 e. The number of benzene rings is 4. The van der Waals surface area contributed by atoms with Crippen molar-refractivity contribution in [3.05, 3.63) is 59.7 Å². The van der Waals surface area contributed by atoms with Crippen molar-refractivity contribution >= 4 is 16.5 Å². The maximum Gasteiger partial charge on any atom is 0.231 e. The van der Waals surface area contributed by atoms with Gasteiger partial charge in [-0.05, 0) is 48.2 Å². The Bertz CT molecular complexity index is 1670. The second kappa shape index (κ2) is 11.6. The van der Waals surface area contributed by atoms with E-state index in [-0.39, 0.29) is 18.9 Å². The number of hydrogen-bond acceptors (Lipinski definition) is 9. The zero-order valence-corrected chi connectivity index (χ0v) is 25.6. The fourth-order valence-electron chi connectivity index (χ4n) is 6.43. The van der Waals surface area contributed by atoms with E-state index in [1.165, 1.54) is 0 Å². The van der Waals surface area contributed by atoms with Crippen LogP contribution in [0, 0.1) is 0 Å². The Morgan fingerprint density at radius 1 is 0.767 bits per heavy atom. The molecule has 2 heterocycles. The molecule has 2 aliphatic heterocycles. The van der Waals surface area contributed by atoms with Crippen molar-refractivity contribution in [1.82, 2.24) is 0 Å². The lowest BCUT2D eigenvalue weighted by molar-refractivity contribution is 0.0486. The molecule has 0 aliphatic carbocycles. The third kappa shape index (κ3) is 4.68. The highest BCUT2D eigenvalue weighted by Gasteiger charge is 2.37. The summed E-state index contributed by atoms with van der Waals surface area (Å²) in [5.41, 5.74) is 5.16. The van der Waals surface area contributed by atoms with Crippen molar-refractivity contribution in [2.24, 2.45) is 0 Å². The number of rotatable bonds is 10. The van der Waals surface area contributed by atoms with Gasteiger partial charge in [-0.2, -0.15) is 0 Å². The van der Waals surface area contributed by atoms with Crippen LogP contribution in [0.3, 0.4) is 0 Å². The molecule has 0 bridgehead atoms. The lowest BCUT2D eigenvalue weighted by Crippen LogP contribution is -2.31. The van der Waals surface area contributed by atoms with Gasteiger partial charge in [-0.3, -0.25) is 0 Å². The normalized spacial score (nSPS) is 15.5. The molecule has 0 unspecified atom stereocenters. The van der Waals surface area contributed by atoms with E-state index in [1.807, 2.05) is 31.2 Å². The van der Waals surface area contributed by atoms with Gasteiger partial charge in [0.25, 0.3) is 0 Å². The standard InChI is InChI=1S/C34H37NO8/c1-8-41-27(23-15-28(38-5)29(39-6)17-26(23)37-4)16-24-32-20(11-12-25(36-3)34(32)40-7)21-10-9-19-13-30-31(43-18-42-30)14-22(19)33(21)35(24)2/h9-15,17,24,27H,8,16,18H2,1-7H3/t24-,27+/m1/s1. The molecule has 4 aromatic rings. The minimum absolute atomic E-state index is 0.169. The largest absolute Gasteiger partial charge is 0.496 e. The highest BCUT2D eigenvalue weighted by molar-refractivity contribution is 6.05. The first-order valence-electron chi connectivity index (χ1n) is 14.2. The molecule has 226 valence electrons. The second-order valence-electron chi connectivity index (χ2n) is 10.4. The topological polar surface area (TPSA) is 77.1 Å². The van der Waals surface area contributed by atoms with Gasteiger partial charge in [-0.15, -0.1) is 0 Å². The molecule has 0 radical (unpaired) electrons. The van der Waals surface area contributed by atoms with Gasteiger partial charge >= 0.3 is 0 Å². The summed E-state index contributed by atoms with van der Waals surface area (Å²) in [5, 5.41) is 2.15. The maximum atomic E-state index is 6.46. The molecule has 0 aromatic heterocycles. The summed E-state index contributed by atoms with van der Waals surface area (Å²) in [6, 6.07) is 16.1. The van der Waals surface area contributed by atoms with E-state index in [0.717, 1.165) is 50.2 Å². The van der Waals surface area contributed by atoms with Crippen LogP contribution in [0.15, 0.2) is 48.5 Å². The third-order valence-corrected chi connectivity index (χ3v) is 8.40. The van der Waals surface area contributed by atoms with Crippen LogP contribution in [0.4, 0.5) is 5.69 Å². The lowest BCUT2D eigenvalue weighted by atomic mass is 9.82. The molecule has 0 amide bonds. The fourth-order valence-corrected chi connectivity index (χ4v) is 6.43. The average molecular weight is 588 g/mol. The van der Waals surface area contributed by atoms with E-state index < -0.39 is 0 Å². The molecule has 6 rings (SSSR count). The molecule has 0 saturated heterocycles. The third-order valence-electron chi connectivity index (χ3n) is 8.40. The summed E-state index contributed by atoms with van der Waals surface area (Å²) >= 11 is 0. The molecule has 0 saturated carbocycles. The Morgan fingerprint density at radius 2 is 1.44 bits per heavy atom. The Hall–Kier alpha value is -4.50. The van der Waals surface area contributed by atoms with E-state index in [1.54, 1.807) is 35.5 Å². The molecule has 9 heteroatoms. The Labute approximate surface area is 251 Å². The van der Waals surface area contributed by atoms with E-state index in [0.29, 0.717) is 41.8 Å². The summed E-state index contributed by atoms with van der Waals surface area (Å²) < 4.78 is 46.8. The van der Waals surface area contributed by atoms with E-state index in [2.05, 4.69) is 36.2 Å². The van der Waals surface area contributed by atoms with Gasteiger partial charge in [0.1, 0.15) is 5.75 Å². The average Bonchev–Trinajstić information content (AvgIpc) is 3.50. The van der Waals surface area contributed by atoms with Gasteiger partial charge in [0.2, 0.25) is 6.79 Å². The van der Waals surface area contributed by atoms with E-state index >= 15 is 0 Å². The van der Waals surface area contributed by atoms with Crippen LogP contribution in [-0.4, -0.2) is 56.0 Å². The lowest BCUT2D eigenvalue weighted by Gasteiger charge is -2.41. The summed E-state index contributed by atoms with van der Waals surface area (Å²) in [6.07, 6.45) is 0.223. The van der Waals surface area contributed by atoms with Crippen molar-refractivity contribution in [2.75, 3.05) is 60.9 Å². The van der Waals surface area contributed by atoms with Crippen molar-refractivity contribution in [3.8, 4) is 51.4 Å². The monoisotopic (exact) mass is 587 g/mol. The number of anilines is 1. The molecule has 0 fully saturated rings. The number of methoxy groups -OCH3 is 5. The second-order valence-corrected chi connectivity index (χ2v) is 10.4. The van der Waals surface area contributed by atoms with E-state index in [9.17, 15) is 0 Å². The predicted molar refractivity (Wildman–Crippen MR) is 165 cm³/mol. The summed E-state index contributed by atoms with van der Waals surface area (Å²) in [6.45, 7) is 2.72. The quantitative estimate of drug-likeness (QED) is 0.196. The van der Waals surface area contributed by atoms with Crippen LogP contribution >= 0.6 is 0 Å². The van der Waals surface area contributed by atoms with Gasteiger partial charge < -0.3 is 42.8 Å². The number of fused-ring (bicyclic) bond motifs is 6. The van der Waals surface area contributed by atoms with Crippen molar-refractivity contribution in [2.45, 2.75) is 25.5 Å². The van der Waals surface area contributed by atoms with Crippen LogP contribution in [0.1, 0.15) is 36.6 Å².